The third-order valence-corrected chi connectivity index (χ3v) is 6.66. The van der Waals surface area contributed by atoms with E-state index in [1.54, 1.807) is 11.8 Å². The number of amides is 1. The smallest absolute Gasteiger partial charge is 0.327 e. The number of carbonyl (C=O) groups is 1. The van der Waals surface area contributed by atoms with Gasteiger partial charge in [-0.3, -0.25) is 9.89 Å². The van der Waals surface area contributed by atoms with Gasteiger partial charge in [0.05, 0.1) is 39.8 Å². The molecule has 2 aromatic heterocycles. The minimum Gasteiger partial charge on any atom is -0.327 e. The zero-order valence-corrected chi connectivity index (χ0v) is 18.1. The highest BCUT2D eigenvalue weighted by molar-refractivity contribution is 6.34. The SMILES string of the molecule is Cc1nc(-c2[nH]ncc2F)c2c(n1)C1CCCC(C2)N1C(=O)c1cccc(C(F)(F)F)c1Cl. The highest BCUT2D eigenvalue weighted by atomic mass is 35.5. The molecule has 3 aromatic rings. The van der Waals surface area contributed by atoms with Crippen molar-refractivity contribution >= 4 is 17.5 Å². The largest absolute Gasteiger partial charge is 0.417 e. The summed E-state index contributed by atoms with van der Waals surface area (Å²) in [5.74, 6) is -0.724. The van der Waals surface area contributed by atoms with Gasteiger partial charge in [0.1, 0.15) is 11.5 Å². The third-order valence-electron chi connectivity index (χ3n) is 6.25. The summed E-state index contributed by atoms with van der Waals surface area (Å²) in [5.41, 5.74) is 0.603. The number of nitrogens with one attached hydrogen (secondary N) is 1. The van der Waals surface area contributed by atoms with Crippen molar-refractivity contribution in [2.24, 2.45) is 0 Å². The van der Waals surface area contributed by atoms with E-state index >= 15 is 0 Å². The minimum atomic E-state index is -4.68. The summed E-state index contributed by atoms with van der Waals surface area (Å²) in [7, 11) is 0. The molecule has 0 aliphatic carbocycles. The average Bonchev–Trinajstić information content (AvgIpc) is 3.18. The fourth-order valence-corrected chi connectivity index (χ4v) is 5.20. The van der Waals surface area contributed by atoms with E-state index in [0.29, 0.717) is 36.5 Å². The summed E-state index contributed by atoms with van der Waals surface area (Å²) in [6, 6.07) is 2.57. The van der Waals surface area contributed by atoms with Crippen molar-refractivity contribution in [3.05, 3.63) is 63.4 Å². The highest BCUT2D eigenvalue weighted by Crippen LogP contribution is 2.45. The molecule has 4 heterocycles. The summed E-state index contributed by atoms with van der Waals surface area (Å²) in [4.78, 5) is 24.1. The van der Waals surface area contributed by atoms with Crippen LogP contribution in [0.25, 0.3) is 11.4 Å². The number of aromatic nitrogens is 4. The van der Waals surface area contributed by atoms with Gasteiger partial charge in [-0.25, -0.2) is 14.4 Å². The summed E-state index contributed by atoms with van der Waals surface area (Å²) >= 11 is 6.05. The van der Waals surface area contributed by atoms with Crippen molar-refractivity contribution in [1.29, 1.82) is 0 Å². The average molecular weight is 480 g/mol. The predicted molar refractivity (Wildman–Crippen MR) is 111 cm³/mol. The Kier molecular flexibility index (Phi) is 5.15. The number of hydrogen-bond acceptors (Lipinski definition) is 4. The molecule has 2 bridgehead atoms. The number of aromatic amines is 1. The number of nitrogens with zero attached hydrogens (tertiary/aromatic N) is 4. The Balaban J connectivity index is 1.61. The number of fused-ring (bicyclic) bond motifs is 4. The fraction of sp³-hybridized carbons (Fsp3) is 0.364. The fourth-order valence-electron chi connectivity index (χ4n) is 4.89. The van der Waals surface area contributed by atoms with Crippen molar-refractivity contribution in [1.82, 2.24) is 25.1 Å². The van der Waals surface area contributed by atoms with Gasteiger partial charge in [-0.2, -0.15) is 18.3 Å². The minimum absolute atomic E-state index is 0.149. The van der Waals surface area contributed by atoms with Gasteiger partial charge in [-0.05, 0) is 44.7 Å². The molecule has 6 nitrogen and oxygen atoms in total. The molecule has 2 aliphatic rings. The number of rotatable bonds is 2. The molecule has 1 fully saturated rings. The van der Waals surface area contributed by atoms with Crippen LogP contribution in [0.15, 0.2) is 24.4 Å². The number of halogens is 5. The molecule has 2 atom stereocenters. The molecule has 2 unspecified atom stereocenters. The van der Waals surface area contributed by atoms with Gasteiger partial charge in [0, 0.05) is 11.6 Å². The molecule has 0 saturated carbocycles. The van der Waals surface area contributed by atoms with Crippen LogP contribution in [-0.4, -0.2) is 37.0 Å². The van der Waals surface area contributed by atoms with Gasteiger partial charge in [0.15, 0.2) is 5.82 Å². The normalized spacial score (nSPS) is 20.0. The molecule has 1 N–H and O–H groups in total. The van der Waals surface area contributed by atoms with Crippen LogP contribution in [0.1, 0.15) is 58.3 Å². The van der Waals surface area contributed by atoms with E-state index in [4.69, 9.17) is 11.6 Å². The Hall–Kier alpha value is -3.01. The van der Waals surface area contributed by atoms with E-state index in [1.807, 2.05) is 0 Å². The number of aryl methyl sites for hydroxylation is 1. The molecule has 2 aliphatic heterocycles. The van der Waals surface area contributed by atoms with E-state index in [-0.39, 0.29) is 17.3 Å². The first-order valence-corrected chi connectivity index (χ1v) is 10.8. The first-order chi connectivity index (χ1) is 15.7. The molecule has 1 aromatic carbocycles. The van der Waals surface area contributed by atoms with E-state index in [9.17, 15) is 22.4 Å². The molecule has 1 saturated heterocycles. The van der Waals surface area contributed by atoms with Crippen molar-refractivity contribution in [2.45, 2.75) is 50.9 Å². The van der Waals surface area contributed by atoms with Gasteiger partial charge in [0.2, 0.25) is 0 Å². The maximum absolute atomic E-state index is 14.3. The van der Waals surface area contributed by atoms with Gasteiger partial charge in [0.25, 0.3) is 5.91 Å². The lowest BCUT2D eigenvalue weighted by atomic mass is 9.81. The van der Waals surface area contributed by atoms with Crippen LogP contribution in [0.3, 0.4) is 0 Å². The van der Waals surface area contributed by atoms with Crippen LogP contribution in [-0.2, 0) is 12.6 Å². The van der Waals surface area contributed by atoms with Crippen molar-refractivity contribution in [3.8, 4) is 11.4 Å². The first-order valence-electron chi connectivity index (χ1n) is 10.4. The van der Waals surface area contributed by atoms with Crippen LogP contribution < -0.4 is 0 Å². The van der Waals surface area contributed by atoms with Crippen LogP contribution in [0.5, 0.6) is 0 Å². The Morgan fingerprint density at radius 1 is 1.24 bits per heavy atom. The van der Waals surface area contributed by atoms with Crippen LogP contribution in [0.2, 0.25) is 5.02 Å². The topological polar surface area (TPSA) is 74.8 Å². The number of H-pyrrole nitrogens is 1. The zero-order chi connectivity index (χ0) is 23.5. The van der Waals surface area contributed by atoms with E-state index in [0.717, 1.165) is 24.2 Å². The Morgan fingerprint density at radius 2 is 2.03 bits per heavy atom. The Bertz CT molecular complexity index is 1260. The van der Waals surface area contributed by atoms with Gasteiger partial charge >= 0.3 is 6.18 Å². The monoisotopic (exact) mass is 479 g/mol. The second kappa shape index (κ2) is 7.79. The van der Waals surface area contributed by atoms with Crippen molar-refractivity contribution < 1.29 is 22.4 Å². The summed E-state index contributed by atoms with van der Waals surface area (Å²) in [5, 5.41) is 5.76. The lowest BCUT2D eigenvalue weighted by molar-refractivity contribution is -0.137. The van der Waals surface area contributed by atoms with E-state index < -0.39 is 34.5 Å². The molecule has 172 valence electrons. The van der Waals surface area contributed by atoms with E-state index in [2.05, 4.69) is 20.2 Å². The second-order valence-electron chi connectivity index (χ2n) is 8.26. The van der Waals surface area contributed by atoms with Gasteiger partial charge in [-0.15, -0.1) is 0 Å². The van der Waals surface area contributed by atoms with Gasteiger partial charge < -0.3 is 4.90 Å². The van der Waals surface area contributed by atoms with Crippen LogP contribution >= 0.6 is 11.6 Å². The molecular weight excluding hydrogens is 462 g/mol. The summed E-state index contributed by atoms with van der Waals surface area (Å²) < 4.78 is 54.4. The number of benzene rings is 1. The first kappa shape index (κ1) is 21.8. The molecule has 5 rings (SSSR count). The Labute approximate surface area is 191 Å². The number of hydrogen-bond donors (Lipinski definition) is 1. The molecule has 0 spiro atoms. The molecule has 0 radical (unpaired) electrons. The maximum Gasteiger partial charge on any atom is 0.417 e. The summed E-state index contributed by atoms with van der Waals surface area (Å²) in [6.45, 7) is 1.67. The zero-order valence-electron chi connectivity index (χ0n) is 17.4. The quantitative estimate of drug-likeness (QED) is 0.507. The van der Waals surface area contributed by atoms with Crippen molar-refractivity contribution in [3.63, 3.8) is 0 Å². The van der Waals surface area contributed by atoms with Crippen LogP contribution in [0, 0.1) is 12.7 Å². The second-order valence-corrected chi connectivity index (χ2v) is 8.64. The van der Waals surface area contributed by atoms with Gasteiger partial charge in [-0.1, -0.05) is 17.7 Å². The standard InChI is InChI=1S/C22H18ClF4N5O/c1-10-29-18-13(19(30-10)20-15(24)9-28-31-20)8-11-4-2-7-16(18)32(11)21(33)12-5-3-6-14(17(12)23)22(25,26)27/h3,5-6,9,11,16H,2,4,7-8H2,1H3,(H,28,31). The predicted octanol–water partition coefficient (Wildman–Crippen LogP) is 5.28. The molecular formula is C22H18ClF4N5O. The van der Waals surface area contributed by atoms with Crippen molar-refractivity contribution in [2.75, 3.05) is 0 Å². The number of carbonyl (C=O) groups excluding carboxylic acids is 1. The lowest BCUT2D eigenvalue weighted by Crippen LogP contribution is -2.50. The van der Waals surface area contributed by atoms with E-state index in [1.165, 1.54) is 12.1 Å². The molecule has 33 heavy (non-hydrogen) atoms. The molecule has 1 amide bonds. The summed E-state index contributed by atoms with van der Waals surface area (Å²) in [6.07, 6.45) is -1.21. The lowest BCUT2D eigenvalue weighted by Gasteiger charge is -2.46. The highest BCUT2D eigenvalue weighted by Gasteiger charge is 2.44. The third kappa shape index (κ3) is 3.56. The molecule has 11 heteroatoms. The van der Waals surface area contributed by atoms with Crippen LogP contribution in [0.4, 0.5) is 17.6 Å². The Morgan fingerprint density at radius 3 is 2.73 bits per heavy atom. The number of piperidine rings is 1. The maximum atomic E-state index is 14.3. The number of alkyl halides is 3.